The first-order chi connectivity index (χ1) is 16.6. The number of ether oxygens (including phenoxy) is 2. The lowest BCUT2D eigenvalue weighted by Crippen LogP contribution is -2.58. The molecule has 8 N–H and O–H groups in total. The molecule has 2 fully saturated rings. The molecule has 2 saturated heterocycles. The molecular formula is C16H26N2O16P2. The maximum atomic E-state index is 12.2. The normalized spacial score (nSPS) is 36.3. The van der Waals surface area contributed by atoms with Crippen molar-refractivity contribution >= 4 is 15.6 Å². The van der Waals surface area contributed by atoms with E-state index >= 15 is 0 Å². The van der Waals surface area contributed by atoms with Gasteiger partial charge in [0.25, 0.3) is 5.56 Å². The molecule has 36 heavy (non-hydrogen) atoms. The Morgan fingerprint density at radius 2 is 1.72 bits per heavy atom. The van der Waals surface area contributed by atoms with Crippen LogP contribution in [0.1, 0.15) is 18.2 Å². The third-order valence-corrected chi connectivity index (χ3v) is 7.95. The molecule has 0 aromatic carbocycles. The van der Waals surface area contributed by atoms with E-state index < -0.39 is 89.2 Å². The monoisotopic (exact) mass is 564 g/mol. The van der Waals surface area contributed by atoms with Crippen LogP contribution in [0, 0.1) is 6.92 Å². The van der Waals surface area contributed by atoms with Gasteiger partial charge in [-0.2, -0.15) is 4.31 Å². The molecule has 0 amide bonds. The van der Waals surface area contributed by atoms with Crippen LogP contribution in [-0.2, 0) is 32.0 Å². The maximum absolute atomic E-state index is 12.2. The minimum absolute atomic E-state index is 0.172. The number of nitrogens with one attached hydrogen (secondary N) is 1. The third-order valence-electron chi connectivity index (χ3n) is 5.35. The molecule has 10 atom stereocenters. The average Bonchev–Trinajstić information content (AvgIpc) is 3.14. The summed E-state index contributed by atoms with van der Waals surface area (Å²) >= 11 is 0. The van der Waals surface area contributed by atoms with Crippen LogP contribution >= 0.6 is 15.6 Å². The molecular weight excluding hydrogens is 538 g/mol. The Morgan fingerprint density at radius 1 is 1.06 bits per heavy atom. The number of phosphoric ester groups is 2. The Hall–Kier alpha value is -1.34. The molecule has 0 bridgehead atoms. The predicted octanol–water partition coefficient (Wildman–Crippen LogP) is -3.46. The van der Waals surface area contributed by atoms with E-state index in [2.05, 4.69) is 18.3 Å². The molecule has 3 rings (SSSR count). The highest BCUT2D eigenvalue weighted by molar-refractivity contribution is 7.61. The van der Waals surface area contributed by atoms with Gasteiger partial charge in [0, 0.05) is 18.2 Å². The number of aryl methyl sites for hydroxylation is 1. The van der Waals surface area contributed by atoms with E-state index in [1.807, 2.05) is 0 Å². The summed E-state index contributed by atoms with van der Waals surface area (Å²) in [5, 5.41) is 48.5. The number of H-pyrrole nitrogens is 1. The zero-order chi connectivity index (χ0) is 27.0. The number of nitrogens with zero attached hydrogens (tertiary/aromatic N) is 1. The molecule has 2 unspecified atom stereocenters. The van der Waals surface area contributed by atoms with Crippen LogP contribution in [0.15, 0.2) is 15.8 Å². The highest BCUT2D eigenvalue weighted by atomic mass is 31.3. The number of aliphatic hydroxyl groups excluding tert-OH is 5. The summed E-state index contributed by atoms with van der Waals surface area (Å²) in [7, 11) is -10.9. The Labute approximate surface area is 201 Å². The van der Waals surface area contributed by atoms with Crippen LogP contribution in [0.4, 0.5) is 0 Å². The molecule has 0 aliphatic carbocycles. The molecule has 2 aliphatic heterocycles. The highest BCUT2D eigenvalue weighted by Crippen LogP contribution is 2.61. The summed E-state index contributed by atoms with van der Waals surface area (Å²) in [6.07, 6.45) is -12.2. The largest absolute Gasteiger partial charge is 0.483 e. The van der Waals surface area contributed by atoms with Gasteiger partial charge in [0.05, 0.1) is 19.3 Å². The Balaban J connectivity index is 1.59. The molecule has 2 aliphatic rings. The topological polar surface area (TPSA) is 277 Å². The van der Waals surface area contributed by atoms with Crippen molar-refractivity contribution in [3.8, 4) is 0 Å². The highest BCUT2D eigenvalue weighted by Gasteiger charge is 2.48. The molecule has 1 aromatic rings. The Kier molecular flexibility index (Phi) is 9.08. The third kappa shape index (κ3) is 6.75. The zero-order valence-corrected chi connectivity index (χ0v) is 20.3. The van der Waals surface area contributed by atoms with Crippen LogP contribution in [0.2, 0.25) is 0 Å². The van der Waals surface area contributed by atoms with E-state index in [1.54, 1.807) is 0 Å². The second-order valence-electron chi connectivity index (χ2n) is 8.03. The summed E-state index contributed by atoms with van der Waals surface area (Å²) in [5.41, 5.74) is -1.27. The quantitative estimate of drug-likeness (QED) is 0.135. The fourth-order valence-corrected chi connectivity index (χ4v) is 5.62. The molecule has 18 nitrogen and oxygen atoms in total. The number of aliphatic hydroxyl groups is 5. The number of phosphoric acid groups is 2. The zero-order valence-electron chi connectivity index (χ0n) is 18.5. The number of hydrogen-bond acceptors (Lipinski definition) is 14. The standard InChI is InChI=1S/C16H26N2O16P2/c1-6-3-18(16(25)17-14(6)24)10-2-7(20)9(31-10)5-30-35(26,27)34-36(28,29)33-15-13(23)12(22)11(21)8(4-19)32-15/h3,7-13,15,19-23H,2,4-5H2,1H3,(H,26,27)(H,28,29)(H,17,24,25)/t7-,8+,9+,10+,11+,12+,13+,15+/m0/s1. The number of aromatic nitrogens is 2. The molecule has 3 heterocycles. The summed E-state index contributed by atoms with van der Waals surface area (Å²) < 4.78 is 48.8. The van der Waals surface area contributed by atoms with E-state index in [-0.39, 0.29) is 12.0 Å². The van der Waals surface area contributed by atoms with Crippen LogP contribution in [0.3, 0.4) is 0 Å². The van der Waals surface area contributed by atoms with Gasteiger partial charge in [0.2, 0.25) is 0 Å². The summed E-state index contributed by atoms with van der Waals surface area (Å²) in [6.45, 7) is -0.305. The van der Waals surface area contributed by atoms with Crippen molar-refractivity contribution in [2.75, 3.05) is 13.2 Å². The lowest BCUT2D eigenvalue weighted by atomic mass is 10.00. The smallest absolute Gasteiger partial charge is 0.394 e. The second kappa shape index (κ2) is 11.2. The van der Waals surface area contributed by atoms with Gasteiger partial charge in [-0.15, -0.1) is 0 Å². The summed E-state index contributed by atoms with van der Waals surface area (Å²) in [5.74, 6) is 0. The Bertz CT molecular complexity index is 1140. The number of hydrogen-bond donors (Lipinski definition) is 8. The van der Waals surface area contributed by atoms with Gasteiger partial charge < -0.3 is 44.8 Å². The number of rotatable bonds is 9. The van der Waals surface area contributed by atoms with E-state index in [9.17, 15) is 48.9 Å². The molecule has 0 radical (unpaired) electrons. The van der Waals surface area contributed by atoms with Crippen LogP contribution < -0.4 is 11.2 Å². The van der Waals surface area contributed by atoms with Crippen molar-refractivity contribution in [2.24, 2.45) is 0 Å². The van der Waals surface area contributed by atoms with Gasteiger partial charge in [0.1, 0.15) is 36.7 Å². The lowest BCUT2D eigenvalue weighted by Gasteiger charge is -2.39. The fraction of sp³-hybridized carbons (Fsp3) is 0.750. The average molecular weight is 564 g/mol. The van der Waals surface area contributed by atoms with E-state index in [4.69, 9.17) is 14.6 Å². The SMILES string of the molecule is Cc1cn([C@H]2C[C@H](O)[C@@H](COP(=O)(O)OP(=O)(O)O[C@H]3O[C@H](CO)[C@@H](O)[C@@H](O)[C@H]3O)O2)c(=O)[nH]c1=O. The van der Waals surface area contributed by atoms with Crippen molar-refractivity contribution in [2.45, 2.75) is 62.5 Å². The van der Waals surface area contributed by atoms with Gasteiger partial charge in [-0.25, -0.2) is 13.9 Å². The van der Waals surface area contributed by atoms with Gasteiger partial charge in [0.15, 0.2) is 6.29 Å². The molecule has 206 valence electrons. The summed E-state index contributed by atoms with van der Waals surface area (Å²) in [4.78, 5) is 45.2. The van der Waals surface area contributed by atoms with Crippen LogP contribution in [0.25, 0.3) is 0 Å². The number of aromatic amines is 1. The first-order valence-electron chi connectivity index (χ1n) is 10.3. The van der Waals surface area contributed by atoms with E-state index in [0.29, 0.717) is 0 Å². The van der Waals surface area contributed by atoms with Gasteiger partial charge in [-0.1, -0.05) is 0 Å². The van der Waals surface area contributed by atoms with Crippen molar-refractivity contribution in [3.05, 3.63) is 32.6 Å². The van der Waals surface area contributed by atoms with Gasteiger partial charge >= 0.3 is 21.3 Å². The van der Waals surface area contributed by atoms with Crippen molar-refractivity contribution in [1.29, 1.82) is 0 Å². The lowest BCUT2D eigenvalue weighted by molar-refractivity contribution is -0.280. The summed E-state index contributed by atoms with van der Waals surface area (Å²) in [6, 6.07) is 0. The first kappa shape index (κ1) is 29.2. The van der Waals surface area contributed by atoms with E-state index in [0.717, 1.165) is 4.57 Å². The van der Waals surface area contributed by atoms with E-state index in [1.165, 1.54) is 13.1 Å². The van der Waals surface area contributed by atoms with Crippen molar-refractivity contribution in [3.63, 3.8) is 0 Å². The van der Waals surface area contributed by atoms with Crippen LogP contribution in [0.5, 0.6) is 0 Å². The van der Waals surface area contributed by atoms with Crippen LogP contribution in [-0.4, -0.2) is 101 Å². The van der Waals surface area contributed by atoms with Crippen molar-refractivity contribution in [1.82, 2.24) is 9.55 Å². The Morgan fingerprint density at radius 3 is 2.36 bits per heavy atom. The van der Waals surface area contributed by atoms with Gasteiger partial charge in [-0.05, 0) is 6.92 Å². The first-order valence-corrected chi connectivity index (χ1v) is 13.3. The molecule has 0 spiro atoms. The fourth-order valence-electron chi connectivity index (χ4n) is 3.46. The second-order valence-corrected chi connectivity index (χ2v) is 11.0. The maximum Gasteiger partial charge on any atom is 0.483 e. The molecule has 0 saturated carbocycles. The predicted molar refractivity (Wildman–Crippen MR) is 112 cm³/mol. The molecule has 20 heteroatoms. The molecule has 1 aromatic heterocycles. The minimum Gasteiger partial charge on any atom is -0.394 e. The minimum atomic E-state index is -5.54. The van der Waals surface area contributed by atoms with Crippen molar-refractivity contribution < 1.29 is 67.3 Å². The van der Waals surface area contributed by atoms with Gasteiger partial charge in [-0.3, -0.25) is 23.4 Å².